The van der Waals surface area contributed by atoms with Crippen molar-refractivity contribution < 1.29 is 9.21 Å². The van der Waals surface area contributed by atoms with Crippen molar-refractivity contribution in [1.82, 2.24) is 0 Å². The molecule has 4 aromatic rings. The van der Waals surface area contributed by atoms with Gasteiger partial charge in [0.2, 0.25) is 0 Å². The van der Waals surface area contributed by atoms with E-state index in [2.05, 4.69) is 0 Å². The van der Waals surface area contributed by atoms with Crippen molar-refractivity contribution >= 4 is 63.8 Å². The zero-order valence-electron chi connectivity index (χ0n) is 15.2. The molecule has 5 rings (SSSR count). The van der Waals surface area contributed by atoms with Gasteiger partial charge in [-0.25, -0.2) is 0 Å². The van der Waals surface area contributed by atoms with Crippen LogP contribution in [0.1, 0.15) is 10.6 Å². The lowest BCUT2D eigenvalue weighted by atomic mass is 10.2. The summed E-state index contributed by atoms with van der Waals surface area (Å²) in [5.41, 5.74) is 2.12. The van der Waals surface area contributed by atoms with Crippen LogP contribution in [-0.2, 0) is 0 Å². The van der Waals surface area contributed by atoms with Gasteiger partial charge in [0, 0.05) is 20.4 Å². The third-order valence-electron chi connectivity index (χ3n) is 4.72. The number of carbonyl (C=O) groups is 1. The fourth-order valence-corrected chi connectivity index (χ4v) is 4.95. The number of anilines is 2. The summed E-state index contributed by atoms with van der Waals surface area (Å²) in [6, 6.07) is 21.9. The van der Waals surface area contributed by atoms with Crippen LogP contribution >= 0.6 is 46.6 Å². The van der Waals surface area contributed by atoms with Crippen molar-refractivity contribution in [3.63, 3.8) is 0 Å². The number of benzene rings is 3. The van der Waals surface area contributed by atoms with Crippen molar-refractivity contribution in [2.75, 3.05) is 4.90 Å². The first-order valence-electron chi connectivity index (χ1n) is 8.98. The third kappa shape index (κ3) is 3.30. The van der Waals surface area contributed by atoms with Gasteiger partial charge in [-0.2, -0.15) is 0 Å². The lowest BCUT2D eigenvalue weighted by molar-refractivity contribution is 0.0972. The van der Waals surface area contributed by atoms with Gasteiger partial charge in [-0.1, -0.05) is 64.8 Å². The summed E-state index contributed by atoms with van der Waals surface area (Å²) in [6.45, 7) is 0. The molecule has 0 spiro atoms. The molecule has 0 fully saturated rings. The molecule has 3 nitrogen and oxygen atoms in total. The molecule has 0 unspecified atom stereocenters. The topological polar surface area (TPSA) is 33.5 Å². The molecule has 0 saturated heterocycles. The van der Waals surface area contributed by atoms with Crippen molar-refractivity contribution in [1.29, 1.82) is 0 Å². The number of furan rings is 1. The molecule has 30 heavy (non-hydrogen) atoms. The first kappa shape index (κ1) is 19.6. The second-order valence-corrected chi connectivity index (χ2v) is 8.89. The van der Waals surface area contributed by atoms with Gasteiger partial charge in [0.05, 0.1) is 21.4 Å². The second-order valence-electron chi connectivity index (χ2n) is 6.59. The highest BCUT2D eigenvalue weighted by molar-refractivity contribution is 7.99. The Bertz CT molecular complexity index is 1300. The van der Waals surface area contributed by atoms with E-state index in [-0.39, 0.29) is 11.7 Å². The Morgan fingerprint density at radius 1 is 0.833 bits per heavy atom. The van der Waals surface area contributed by atoms with E-state index in [4.69, 9.17) is 39.2 Å². The average Bonchev–Trinajstić information content (AvgIpc) is 3.23. The molecule has 0 atom stereocenters. The maximum atomic E-state index is 13.6. The van der Waals surface area contributed by atoms with Gasteiger partial charge in [-0.3, -0.25) is 9.69 Å². The predicted octanol–water partition coefficient (Wildman–Crippen LogP) is 8.35. The molecule has 0 saturated carbocycles. The summed E-state index contributed by atoms with van der Waals surface area (Å²) in [5.74, 6) is 0.362. The third-order valence-corrected chi connectivity index (χ3v) is 6.91. The smallest absolute Gasteiger partial charge is 0.298 e. The summed E-state index contributed by atoms with van der Waals surface area (Å²) in [6.07, 6.45) is 0. The minimum atomic E-state index is -0.296. The van der Waals surface area contributed by atoms with Crippen molar-refractivity contribution in [2.24, 2.45) is 0 Å². The zero-order valence-corrected chi connectivity index (χ0v) is 18.3. The molecule has 1 aromatic heterocycles. The normalized spacial score (nSPS) is 12.4. The first-order valence-corrected chi connectivity index (χ1v) is 10.9. The molecule has 2 heterocycles. The zero-order chi connectivity index (χ0) is 20.8. The number of halogens is 3. The van der Waals surface area contributed by atoms with Gasteiger partial charge in [0.1, 0.15) is 5.76 Å². The quantitative estimate of drug-likeness (QED) is 0.294. The van der Waals surface area contributed by atoms with Crippen LogP contribution in [0.25, 0.3) is 11.3 Å². The number of rotatable bonds is 2. The van der Waals surface area contributed by atoms with Crippen LogP contribution in [-0.4, -0.2) is 5.91 Å². The first-order chi connectivity index (χ1) is 14.5. The van der Waals surface area contributed by atoms with Gasteiger partial charge < -0.3 is 4.42 Å². The number of hydrogen-bond acceptors (Lipinski definition) is 3. The number of amides is 1. The van der Waals surface area contributed by atoms with E-state index in [0.717, 1.165) is 21.2 Å². The largest absolute Gasteiger partial charge is 0.451 e. The predicted molar refractivity (Wildman–Crippen MR) is 123 cm³/mol. The van der Waals surface area contributed by atoms with Crippen LogP contribution in [0.3, 0.4) is 0 Å². The highest BCUT2D eigenvalue weighted by Crippen LogP contribution is 2.49. The fraction of sp³-hybridized carbons (Fsp3) is 0. The van der Waals surface area contributed by atoms with Gasteiger partial charge in [-0.05, 0) is 54.6 Å². The monoisotopic (exact) mass is 471 g/mol. The number of para-hydroxylation sites is 1. The summed E-state index contributed by atoms with van der Waals surface area (Å²) in [5, 5.41) is 1.35. The Balaban J connectivity index is 1.60. The van der Waals surface area contributed by atoms with Crippen LogP contribution < -0.4 is 4.90 Å². The number of hydrogen-bond donors (Lipinski definition) is 0. The highest BCUT2D eigenvalue weighted by Gasteiger charge is 2.31. The summed E-state index contributed by atoms with van der Waals surface area (Å²) in [4.78, 5) is 17.1. The molecule has 1 amide bonds. The van der Waals surface area contributed by atoms with Crippen molar-refractivity contribution in [3.8, 4) is 11.3 Å². The molecule has 0 bridgehead atoms. The van der Waals surface area contributed by atoms with E-state index in [1.807, 2.05) is 36.4 Å². The highest BCUT2D eigenvalue weighted by atomic mass is 35.5. The second kappa shape index (κ2) is 7.71. The van der Waals surface area contributed by atoms with Gasteiger partial charge in [0.25, 0.3) is 5.91 Å². The molecule has 3 aromatic carbocycles. The van der Waals surface area contributed by atoms with Crippen molar-refractivity contribution in [3.05, 3.63) is 93.6 Å². The van der Waals surface area contributed by atoms with Gasteiger partial charge >= 0.3 is 0 Å². The van der Waals surface area contributed by atoms with E-state index in [9.17, 15) is 4.79 Å². The number of carbonyl (C=O) groups excluding carboxylic acids is 1. The molecule has 1 aliphatic rings. The summed E-state index contributed by atoms with van der Waals surface area (Å²) < 4.78 is 5.91. The molecular formula is C23H12Cl3NO2S. The lowest BCUT2D eigenvalue weighted by Crippen LogP contribution is -2.28. The Morgan fingerprint density at radius 3 is 2.50 bits per heavy atom. The van der Waals surface area contributed by atoms with Crippen LogP contribution in [0.2, 0.25) is 15.1 Å². The lowest BCUT2D eigenvalue weighted by Gasteiger charge is -2.30. The number of fused-ring (bicyclic) bond motifs is 2. The Kier molecular flexibility index (Phi) is 5.03. The van der Waals surface area contributed by atoms with Crippen LogP contribution in [0, 0.1) is 0 Å². The molecule has 148 valence electrons. The molecule has 1 aliphatic heterocycles. The maximum Gasteiger partial charge on any atom is 0.298 e. The molecular weight excluding hydrogens is 461 g/mol. The van der Waals surface area contributed by atoms with Gasteiger partial charge in [0.15, 0.2) is 5.76 Å². The Morgan fingerprint density at radius 2 is 1.63 bits per heavy atom. The van der Waals surface area contributed by atoms with Crippen LogP contribution in [0.4, 0.5) is 11.4 Å². The SMILES string of the molecule is O=C(c1ccc(-c2cccc(Cl)c2Cl)o1)N1c2ccccc2Sc2ccc(Cl)cc21. The van der Waals surface area contributed by atoms with E-state index in [1.54, 1.807) is 53.1 Å². The maximum absolute atomic E-state index is 13.6. The Labute approximate surface area is 192 Å². The van der Waals surface area contributed by atoms with E-state index >= 15 is 0 Å². The van der Waals surface area contributed by atoms with Crippen LogP contribution in [0.5, 0.6) is 0 Å². The van der Waals surface area contributed by atoms with E-state index in [1.165, 1.54) is 0 Å². The van der Waals surface area contributed by atoms with Crippen molar-refractivity contribution in [2.45, 2.75) is 9.79 Å². The van der Waals surface area contributed by atoms with E-state index < -0.39 is 0 Å². The number of nitrogens with zero attached hydrogens (tertiary/aromatic N) is 1. The van der Waals surface area contributed by atoms with Crippen LogP contribution in [0.15, 0.2) is 87.0 Å². The minimum absolute atomic E-state index is 0.189. The fourth-order valence-electron chi connectivity index (χ4n) is 3.35. The average molecular weight is 473 g/mol. The van der Waals surface area contributed by atoms with E-state index in [0.29, 0.717) is 26.4 Å². The summed E-state index contributed by atoms with van der Waals surface area (Å²) in [7, 11) is 0. The standard InChI is InChI=1S/C23H12Cl3NO2S/c24-13-8-11-21-17(12-13)27(16-6-1-2-7-20(16)30-21)23(28)19-10-9-18(29-19)14-4-3-5-15(25)22(14)26/h1-12H. The molecule has 7 heteroatoms. The minimum Gasteiger partial charge on any atom is -0.451 e. The molecule has 0 N–H and O–H groups in total. The molecule has 0 radical (unpaired) electrons. The molecule has 0 aliphatic carbocycles. The summed E-state index contributed by atoms with van der Waals surface area (Å²) >= 11 is 20.3. The van der Waals surface area contributed by atoms with Gasteiger partial charge in [-0.15, -0.1) is 0 Å². The Hall–Kier alpha value is -2.37.